The number of hydrogen-bond acceptors (Lipinski definition) is 4. The van der Waals surface area contributed by atoms with E-state index < -0.39 is 0 Å². The molecule has 1 amide bonds. The molecule has 0 aliphatic carbocycles. The average Bonchev–Trinajstić information content (AvgIpc) is 2.94. The molecular formula is C21H31N5O. The van der Waals surface area contributed by atoms with E-state index in [-0.39, 0.29) is 11.8 Å². The normalized spacial score (nSPS) is 15.9. The van der Waals surface area contributed by atoms with Crippen LogP contribution >= 0.6 is 0 Å². The molecule has 0 radical (unpaired) electrons. The maximum atomic E-state index is 12.0. The third kappa shape index (κ3) is 4.75. The van der Waals surface area contributed by atoms with Gasteiger partial charge in [-0.2, -0.15) is 0 Å². The number of fused-ring (bicyclic) bond motifs is 1. The lowest BCUT2D eigenvalue weighted by Crippen LogP contribution is -2.30. The van der Waals surface area contributed by atoms with Crippen LogP contribution in [0.15, 0.2) is 18.2 Å². The van der Waals surface area contributed by atoms with Gasteiger partial charge in [0.1, 0.15) is 5.82 Å². The second kappa shape index (κ2) is 8.65. The first-order valence-corrected chi connectivity index (χ1v) is 9.95. The van der Waals surface area contributed by atoms with Crippen molar-refractivity contribution >= 4 is 5.91 Å². The van der Waals surface area contributed by atoms with Gasteiger partial charge in [0.15, 0.2) is 5.82 Å². The molecule has 1 aromatic carbocycles. The summed E-state index contributed by atoms with van der Waals surface area (Å²) in [5.41, 5.74) is 4.05. The third-order valence-electron chi connectivity index (χ3n) is 5.57. The Labute approximate surface area is 162 Å². The van der Waals surface area contributed by atoms with Gasteiger partial charge in [0.25, 0.3) is 0 Å². The standard InChI is InChI=1S/C21H31N5O/c1-5-16(3)21(27)22-13-20-24-23-19-8-9-25(10-11-26(19)20)14-18-12-15(2)6-7-17(18)4/h6-7,12,16H,5,8-11,13-14H2,1-4H3,(H,22,27)/t16-/m1/s1. The van der Waals surface area contributed by atoms with E-state index in [2.05, 4.69) is 57.0 Å². The van der Waals surface area contributed by atoms with Crippen molar-refractivity contribution in [3.05, 3.63) is 46.5 Å². The van der Waals surface area contributed by atoms with Crippen LogP contribution in [0.1, 0.15) is 48.6 Å². The quantitative estimate of drug-likeness (QED) is 0.850. The van der Waals surface area contributed by atoms with E-state index in [1.165, 1.54) is 16.7 Å². The van der Waals surface area contributed by atoms with Crippen LogP contribution in [0.4, 0.5) is 0 Å². The van der Waals surface area contributed by atoms with Gasteiger partial charge < -0.3 is 9.88 Å². The molecule has 0 fully saturated rings. The van der Waals surface area contributed by atoms with Gasteiger partial charge in [-0.3, -0.25) is 9.69 Å². The van der Waals surface area contributed by atoms with E-state index in [1.807, 2.05) is 13.8 Å². The molecule has 2 heterocycles. The molecule has 27 heavy (non-hydrogen) atoms. The molecule has 0 saturated heterocycles. The summed E-state index contributed by atoms with van der Waals surface area (Å²) in [5, 5.41) is 11.7. The third-order valence-corrected chi connectivity index (χ3v) is 5.57. The fourth-order valence-electron chi connectivity index (χ4n) is 3.45. The number of benzene rings is 1. The molecule has 0 unspecified atom stereocenters. The predicted octanol–water partition coefficient (Wildman–Crippen LogP) is 2.62. The van der Waals surface area contributed by atoms with E-state index in [0.717, 1.165) is 50.7 Å². The lowest BCUT2D eigenvalue weighted by molar-refractivity contribution is -0.124. The lowest BCUT2D eigenvalue weighted by Gasteiger charge is -2.21. The van der Waals surface area contributed by atoms with Gasteiger partial charge in [0, 0.05) is 38.5 Å². The maximum Gasteiger partial charge on any atom is 0.223 e. The molecule has 1 aliphatic rings. The minimum atomic E-state index is 0.0320. The number of nitrogens with zero attached hydrogens (tertiary/aromatic N) is 4. The zero-order chi connectivity index (χ0) is 19.4. The Morgan fingerprint density at radius 1 is 1.22 bits per heavy atom. The van der Waals surface area contributed by atoms with E-state index in [1.54, 1.807) is 0 Å². The number of carbonyl (C=O) groups is 1. The fraction of sp³-hybridized carbons (Fsp3) is 0.571. The molecule has 6 heteroatoms. The SMILES string of the molecule is CC[C@@H](C)C(=O)NCc1nnc2n1CCN(Cc1cc(C)ccc1C)CC2. The molecule has 0 bridgehead atoms. The van der Waals surface area contributed by atoms with Gasteiger partial charge in [0.2, 0.25) is 5.91 Å². The Morgan fingerprint density at radius 3 is 2.81 bits per heavy atom. The Kier molecular flexibility index (Phi) is 6.26. The molecule has 2 aromatic rings. The highest BCUT2D eigenvalue weighted by Gasteiger charge is 2.20. The monoisotopic (exact) mass is 369 g/mol. The zero-order valence-electron chi connectivity index (χ0n) is 17.0. The molecule has 3 rings (SSSR count). The van der Waals surface area contributed by atoms with Crippen LogP contribution < -0.4 is 5.32 Å². The topological polar surface area (TPSA) is 63.1 Å². The maximum absolute atomic E-state index is 12.0. The Hall–Kier alpha value is -2.21. The molecule has 6 nitrogen and oxygen atoms in total. The number of rotatable bonds is 6. The van der Waals surface area contributed by atoms with Crippen molar-refractivity contribution in [1.82, 2.24) is 25.0 Å². The van der Waals surface area contributed by atoms with Gasteiger partial charge in [0.05, 0.1) is 6.54 Å². The zero-order valence-corrected chi connectivity index (χ0v) is 17.0. The van der Waals surface area contributed by atoms with Gasteiger partial charge in [-0.1, -0.05) is 37.6 Å². The van der Waals surface area contributed by atoms with Crippen LogP contribution in [0.25, 0.3) is 0 Å². The van der Waals surface area contributed by atoms with E-state index in [4.69, 9.17) is 0 Å². The summed E-state index contributed by atoms with van der Waals surface area (Å²) in [7, 11) is 0. The Balaban J connectivity index is 1.62. The van der Waals surface area contributed by atoms with Crippen molar-refractivity contribution in [2.45, 2.75) is 60.2 Å². The fourth-order valence-corrected chi connectivity index (χ4v) is 3.45. The van der Waals surface area contributed by atoms with Gasteiger partial charge in [-0.15, -0.1) is 10.2 Å². The number of carbonyl (C=O) groups excluding carboxylic acids is 1. The molecule has 146 valence electrons. The summed E-state index contributed by atoms with van der Waals surface area (Å²) in [6.07, 6.45) is 1.73. The summed E-state index contributed by atoms with van der Waals surface area (Å²) >= 11 is 0. The predicted molar refractivity (Wildman–Crippen MR) is 106 cm³/mol. The largest absolute Gasteiger partial charge is 0.349 e. The minimum absolute atomic E-state index is 0.0320. The Bertz CT molecular complexity index is 798. The lowest BCUT2D eigenvalue weighted by atomic mass is 10.1. The molecule has 0 saturated carbocycles. The number of amides is 1. The van der Waals surface area contributed by atoms with Gasteiger partial charge in [-0.25, -0.2) is 0 Å². The number of aryl methyl sites for hydroxylation is 2. The summed E-state index contributed by atoms with van der Waals surface area (Å²) < 4.78 is 2.18. The summed E-state index contributed by atoms with van der Waals surface area (Å²) in [6.45, 7) is 12.5. The van der Waals surface area contributed by atoms with Crippen LogP contribution in [-0.2, 0) is 30.8 Å². The van der Waals surface area contributed by atoms with Crippen LogP contribution in [0.2, 0.25) is 0 Å². The van der Waals surface area contributed by atoms with Crippen molar-refractivity contribution in [3.8, 4) is 0 Å². The molecule has 1 aliphatic heterocycles. The van der Waals surface area contributed by atoms with Crippen molar-refractivity contribution < 1.29 is 4.79 Å². The highest BCUT2D eigenvalue weighted by molar-refractivity contribution is 5.78. The van der Waals surface area contributed by atoms with Crippen LogP contribution in [-0.4, -0.2) is 38.7 Å². The van der Waals surface area contributed by atoms with E-state index in [0.29, 0.717) is 6.54 Å². The highest BCUT2D eigenvalue weighted by Crippen LogP contribution is 2.16. The first kappa shape index (κ1) is 19.5. The van der Waals surface area contributed by atoms with Crippen molar-refractivity contribution in [3.63, 3.8) is 0 Å². The second-order valence-electron chi connectivity index (χ2n) is 7.67. The summed E-state index contributed by atoms with van der Waals surface area (Å²) in [5.74, 6) is 1.99. The van der Waals surface area contributed by atoms with E-state index >= 15 is 0 Å². The summed E-state index contributed by atoms with van der Waals surface area (Å²) in [4.78, 5) is 14.5. The first-order valence-electron chi connectivity index (χ1n) is 9.95. The molecule has 1 atom stereocenters. The van der Waals surface area contributed by atoms with Crippen LogP contribution in [0, 0.1) is 19.8 Å². The molecule has 1 aromatic heterocycles. The first-order chi connectivity index (χ1) is 13.0. The number of hydrogen-bond donors (Lipinski definition) is 1. The highest BCUT2D eigenvalue weighted by atomic mass is 16.1. The molecule has 1 N–H and O–H groups in total. The van der Waals surface area contributed by atoms with Crippen molar-refractivity contribution in [2.24, 2.45) is 5.92 Å². The van der Waals surface area contributed by atoms with Crippen molar-refractivity contribution in [2.75, 3.05) is 13.1 Å². The van der Waals surface area contributed by atoms with Crippen LogP contribution in [0.5, 0.6) is 0 Å². The van der Waals surface area contributed by atoms with Gasteiger partial charge >= 0.3 is 0 Å². The average molecular weight is 370 g/mol. The van der Waals surface area contributed by atoms with Crippen LogP contribution in [0.3, 0.4) is 0 Å². The second-order valence-corrected chi connectivity index (χ2v) is 7.67. The Morgan fingerprint density at radius 2 is 2.04 bits per heavy atom. The minimum Gasteiger partial charge on any atom is -0.349 e. The number of nitrogens with one attached hydrogen (secondary N) is 1. The molecule has 0 spiro atoms. The summed E-state index contributed by atoms with van der Waals surface area (Å²) in [6, 6.07) is 6.66. The number of aromatic nitrogens is 3. The molecular weight excluding hydrogens is 338 g/mol. The van der Waals surface area contributed by atoms with Crippen molar-refractivity contribution in [1.29, 1.82) is 0 Å². The smallest absolute Gasteiger partial charge is 0.223 e. The van der Waals surface area contributed by atoms with E-state index in [9.17, 15) is 4.79 Å². The van der Waals surface area contributed by atoms with Gasteiger partial charge in [-0.05, 0) is 31.4 Å².